The first-order chi connectivity index (χ1) is 8.56. The number of nitrogens with zero attached hydrogens (tertiary/aromatic N) is 1. The van der Waals surface area contributed by atoms with Gasteiger partial charge in [-0.15, -0.1) is 0 Å². The number of hydrogen-bond donors (Lipinski definition) is 2. The van der Waals surface area contributed by atoms with Crippen molar-refractivity contribution in [1.82, 2.24) is 10.3 Å². The molecule has 0 saturated carbocycles. The van der Waals surface area contributed by atoms with Crippen LogP contribution < -0.4 is 5.32 Å². The molecule has 0 spiro atoms. The van der Waals surface area contributed by atoms with Crippen molar-refractivity contribution >= 4 is 23.0 Å². The van der Waals surface area contributed by atoms with Gasteiger partial charge < -0.3 is 14.8 Å². The molecular formula is C12H12N2O4. The Morgan fingerprint density at radius 3 is 2.94 bits per heavy atom. The predicted molar refractivity (Wildman–Crippen MR) is 63.1 cm³/mol. The van der Waals surface area contributed by atoms with E-state index in [0.717, 1.165) is 11.1 Å². The van der Waals surface area contributed by atoms with E-state index in [9.17, 15) is 9.59 Å². The lowest BCUT2D eigenvalue weighted by Gasteiger charge is -2.02. The highest BCUT2D eigenvalue weighted by Gasteiger charge is 2.09. The molecule has 18 heavy (non-hydrogen) atoms. The van der Waals surface area contributed by atoms with E-state index in [1.54, 1.807) is 6.92 Å². The molecule has 6 nitrogen and oxygen atoms in total. The number of fused-ring (bicyclic) bond motifs is 1. The SMILES string of the molecule is Cc1nc2ccc(CCNC(=O)C(=O)O)cc2o1. The Bertz CT molecular complexity index is 603. The minimum atomic E-state index is -1.48. The van der Waals surface area contributed by atoms with Gasteiger partial charge in [0.25, 0.3) is 0 Å². The molecule has 6 heteroatoms. The third-order valence-electron chi connectivity index (χ3n) is 2.45. The molecule has 0 unspecified atom stereocenters. The number of rotatable bonds is 3. The van der Waals surface area contributed by atoms with Gasteiger partial charge in [0.2, 0.25) is 0 Å². The lowest BCUT2D eigenvalue weighted by atomic mass is 10.1. The van der Waals surface area contributed by atoms with Crippen molar-refractivity contribution in [1.29, 1.82) is 0 Å². The second-order valence-electron chi connectivity index (χ2n) is 3.85. The fourth-order valence-electron chi connectivity index (χ4n) is 1.64. The lowest BCUT2D eigenvalue weighted by molar-refractivity contribution is -0.150. The standard InChI is InChI=1S/C12H12N2O4/c1-7-14-9-3-2-8(6-10(9)18-7)4-5-13-11(15)12(16)17/h2-3,6H,4-5H2,1H3,(H,13,15)(H,16,17). The molecular weight excluding hydrogens is 236 g/mol. The lowest BCUT2D eigenvalue weighted by Crippen LogP contribution is -2.32. The van der Waals surface area contributed by atoms with Gasteiger partial charge in [-0.05, 0) is 24.1 Å². The van der Waals surface area contributed by atoms with Gasteiger partial charge >= 0.3 is 11.9 Å². The van der Waals surface area contributed by atoms with Gasteiger partial charge in [0, 0.05) is 13.5 Å². The number of carbonyl (C=O) groups is 2. The largest absolute Gasteiger partial charge is 0.474 e. The molecule has 2 N–H and O–H groups in total. The minimum absolute atomic E-state index is 0.268. The summed E-state index contributed by atoms with van der Waals surface area (Å²) in [7, 11) is 0. The number of oxazole rings is 1. The summed E-state index contributed by atoms with van der Waals surface area (Å²) >= 11 is 0. The molecule has 0 radical (unpaired) electrons. The van der Waals surface area contributed by atoms with E-state index in [1.165, 1.54) is 0 Å². The topological polar surface area (TPSA) is 92.4 Å². The summed E-state index contributed by atoms with van der Waals surface area (Å²) < 4.78 is 5.38. The molecule has 94 valence electrons. The van der Waals surface area contributed by atoms with Crippen molar-refractivity contribution in [2.75, 3.05) is 6.54 Å². The van der Waals surface area contributed by atoms with Crippen LogP contribution in [0.2, 0.25) is 0 Å². The van der Waals surface area contributed by atoms with Crippen LogP contribution in [0.4, 0.5) is 0 Å². The maximum absolute atomic E-state index is 10.8. The summed E-state index contributed by atoms with van der Waals surface area (Å²) in [5, 5.41) is 10.7. The van der Waals surface area contributed by atoms with E-state index >= 15 is 0 Å². The summed E-state index contributed by atoms with van der Waals surface area (Å²) in [6, 6.07) is 5.54. The van der Waals surface area contributed by atoms with Gasteiger partial charge in [0.05, 0.1) is 0 Å². The van der Waals surface area contributed by atoms with Crippen LogP contribution in [0.5, 0.6) is 0 Å². The Balaban J connectivity index is 1.99. The summed E-state index contributed by atoms with van der Waals surface area (Å²) in [6.07, 6.45) is 0.536. The highest BCUT2D eigenvalue weighted by molar-refractivity contribution is 6.31. The van der Waals surface area contributed by atoms with Crippen molar-refractivity contribution in [3.8, 4) is 0 Å². The van der Waals surface area contributed by atoms with Gasteiger partial charge in [-0.2, -0.15) is 0 Å². The van der Waals surface area contributed by atoms with E-state index < -0.39 is 11.9 Å². The fraction of sp³-hybridized carbons (Fsp3) is 0.250. The maximum Gasteiger partial charge on any atom is 0.394 e. The van der Waals surface area contributed by atoms with Crippen LogP contribution in [0.1, 0.15) is 11.5 Å². The molecule has 1 amide bonds. The average molecular weight is 248 g/mol. The van der Waals surface area contributed by atoms with Crippen LogP contribution >= 0.6 is 0 Å². The number of benzene rings is 1. The molecule has 0 aliphatic rings. The zero-order chi connectivity index (χ0) is 13.1. The van der Waals surface area contributed by atoms with E-state index in [0.29, 0.717) is 17.9 Å². The second kappa shape index (κ2) is 4.87. The van der Waals surface area contributed by atoms with Crippen molar-refractivity contribution in [3.05, 3.63) is 29.7 Å². The fourth-order valence-corrected chi connectivity index (χ4v) is 1.64. The van der Waals surface area contributed by atoms with E-state index in [-0.39, 0.29) is 6.54 Å². The number of carboxylic acids is 1. The van der Waals surface area contributed by atoms with E-state index in [4.69, 9.17) is 9.52 Å². The molecule has 0 bridgehead atoms. The van der Waals surface area contributed by atoms with Crippen LogP contribution in [-0.4, -0.2) is 28.5 Å². The highest BCUT2D eigenvalue weighted by atomic mass is 16.4. The quantitative estimate of drug-likeness (QED) is 0.786. The molecule has 0 aliphatic heterocycles. The number of carboxylic acid groups (broad SMARTS) is 1. The zero-order valence-electron chi connectivity index (χ0n) is 9.77. The second-order valence-corrected chi connectivity index (χ2v) is 3.85. The molecule has 0 atom stereocenters. The molecule has 0 fully saturated rings. The summed E-state index contributed by atoms with van der Waals surface area (Å²) in [5.74, 6) is -1.87. The Hall–Kier alpha value is -2.37. The molecule has 0 aliphatic carbocycles. The first kappa shape index (κ1) is 12.1. The number of carbonyl (C=O) groups excluding carboxylic acids is 1. The van der Waals surface area contributed by atoms with Gasteiger partial charge in [-0.25, -0.2) is 9.78 Å². The smallest absolute Gasteiger partial charge is 0.394 e. The zero-order valence-corrected chi connectivity index (χ0v) is 9.77. The van der Waals surface area contributed by atoms with Gasteiger partial charge in [-0.1, -0.05) is 6.07 Å². The average Bonchev–Trinajstić information content (AvgIpc) is 2.68. The highest BCUT2D eigenvalue weighted by Crippen LogP contribution is 2.16. The van der Waals surface area contributed by atoms with Crippen LogP contribution in [0.15, 0.2) is 22.6 Å². The van der Waals surface area contributed by atoms with Gasteiger partial charge in [0.15, 0.2) is 11.5 Å². The summed E-state index contributed by atoms with van der Waals surface area (Å²) in [5.41, 5.74) is 2.42. The maximum atomic E-state index is 10.8. The normalized spacial score (nSPS) is 10.5. The van der Waals surface area contributed by atoms with E-state index in [1.807, 2.05) is 18.2 Å². The van der Waals surface area contributed by atoms with Crippen LogP contribution in [-0.2, 0) is 16.0 Å². The monoisotopic (exact) mass is 248 g/mol. The predicted octanol–water partition coefficient (Wildman–Crippen LogP) is 0.880. The Kier molecular flexibility index (Phi) is 3.27. The molecule has 0 saturated heterocycles. The third-order valence-corrected chi connectivity index (χ3v) is 2.45. The molecule has 1 aromatic heterocycles. The van der Waals surface area contributed by atoms with Crippen molar-refractivity contribution < 1.29 is 19.1 Å². The summed E-state index contributed by atoms with van der Waals surface area (Å²) in [4.78, 5) is 25.3. The first-order valence-corrected chi connectivity index (χ1v) is 5.43. The molecule has 1 heterocycles. The number of aliphatic carboxylic acids is 1. The summed E-state index contributed by atoms with van der Waals surface area (Å²) in [6.45, 7) is 2.04. The van der Waals surface area contributed by atoms with Crippen molar-refractivity contribution in [2.24, 2.45) is 0 Å². The van der Waals surface area contributed by atoms with Gasteiger partial charge in [0.1, 0.15) is 5.52 Å². The Morgan fingerprint density at radius 2 is 2.22 bits per heavy atom. The molecule has 1 aromatic carbocycles. The first-order valence-electron chi connectivity index (χ1n) is 5.43. The van der Waals surface area contributed by atoms with Crippen molar-refractivity contribution in [2.45, 2.75) is 13.3 Å². The molecule has 2 rings (SSSR count). The Morgan fingerprint density at radius 1 is 1.44 bits per heavy atom. The van der Waals surface area contributed by atoms with Crippen LogP contribution in [0.25, 0.3) is 11.1 Å². The number of aromatic nitrogens is 1. The van der Waals surface area contributed by atoms with Crippen molar-refractivity contribution in [3.63, 3.8) is 0 Å². The van der Waals surface area contributed by atoms with Gasteiger partial charge in [-0.3, -0.25) is 4.79 Å². The molecule has 2 aromatic rings. The number of amides is 1. The number of nitrogens with one attached hydrogen (secondary N) is 1. The Labute approximate surface area is 103 Å². The van der Waals surface area contributed by atoms with Crippen LogP contribution in [0, 0.1) is 6.92 Å². The minimum Gasteiger partial charge on any atom is -0.474 e. The third kappa shape index (κ3) is 2.65. The van der Waals surface area contributed by atoms with Crippen LogP contribution in [0.3, 0.4) is 0 Å². The van der Waals surface area contributed by atoms with E-state index in [2.05, 4.69) is 10.3 Å². The number of hydrogen-bond acceptors (Lipinski definition) is 4. The number of aryl methyl sites for hydroxylation is 1.